The Morgan fingerprint density at radius 3 is 2.21 bits per heavy atom. The van der Waals surface area contributed by atoms with Gasteiger partial charge in [-0.05, 0) is 0 Å². The van der Waals surface area contributed by atoms with Crippen LogP contribution in [0.5, 0.6) is 0 Å². The smallest absolute Gasteiger partial charge is 0.224 e. The number of aliphatic hydroxyl groups is 5. The van der Waals surface area contributed by atoms with Gasteiger partial charge in [0.05, 0.1) is 6.61 Å². The summed E-state index contributed by atoms with van der Waals surface area (Å²) in [6, 6.07) is 0. The second kappa shape index (κ2) is 4.05. The van der Waals surface area contributed by atoms with Crippen LogP contribution in [0.2, 0.25) is 0 Å². The minimum Gasteiger partial charge on any atom is -0.394 e. The molecule has 1 saturated heterocycles. The molecule has 1 heterocycles. The molecule has 0 aromatic rings. The Morgan fingerprint density at radius 1 is 1.21 bits per heavy atom. The molecule has 1 rings (SSSR count). The summed E-state index contributed by atoms with van der Waals surface area (Å²) in [7, 11) is 0. The number of alkyl halides is 1. The fourth-order valence-electron chi connectivity index (χ4n) is 1.33. The van der Waals surface area contributed by atoms with Crippen LogP contribution in [0.25, 0.3) is 0 Å². The van der Waals surface area contributed by atoms with Crippen LogP contribution in [0.3, 0.4) is 0 Å². The maximum Gasteiger partial charge on any atom is 0.224 e. The van der Waals surface area contributed by atoms with E-state index in [2.05, 4.69) is 4.74 Å². The molecule has 0 radical (unpaired) electrons. The highest BCUT2D eigenvalue weighted by Crippen LogP contribution is 2.28. The van der Waals surface area contributed by atoms with Gasteiger partial charge in [-0.15, -0.1) is 0 Å². The lowest BCUT2D eigenvalue weighted by atomic mass is 9.93. The van der Waals surface area contributed by atoms with Crippen molar-refractivity contribution in [1.82, 2.24) is 0 Å². The van der Waals surface area contributed by atoms with E-state index in [9.17, 15) is 24.8 Å². The average Bonchev–Trinajstić information content (AvgIpc) is 2.20. The van der Waals surface area contributed by atoms with E-state index >= 15 is 0 Å². The number of aliphatic hydroxyl groups excluding tert-OH is 4. The van der Waals surface area contributed by atoms with Crippen molar-refractivity contribution in [3.8, 4) is 0 Å². The molecule has 0 aromatic heterocycles. The molecule has 0 bridgehead atoms. The average molecular weight is 212 g/mol. The van der Waals surface area contributed by atoms with Crippen molar-refractivity contribution in [2.24, 2.45) is 0 Å². The van der Waals surface area contributed by atoms with Crippen LogP contribution < -0.4 is 0 Å². The van der Waals surface area contributed by atoms with E-state index in [4.69, 9.17) is 5.11 Å². The quantitative estimate of drug-likeness (QED) is 0.336. The van der Waals surface area contributed by atoms with Crippen molar-refractivity contribution < 1.29 is 34.7 Å². The van der Waals surface area contributed by atoms with Crippen molar-refractivity contribution in [3.05, 3.63) is 0 Å². The van der Waals surface area contributed by atoms with E-state index in [1.807, 2.05) is 0 Å². The Morgan fingerprint density at radius 2 is 1.79 bits per heavy atom. The molecular formula is C7H13FO6. The Balaban J connectivity index is 2.84. The second-order valence-corrected chi connectivity index (χ2v) is 3.24. The highest BCUT2D eigenvalue weighted by molar-refractivity contribution is 4.95. The molecule has 1 aliphatic rings. The van der Waals surface area contributed by atoms with Crippen LogP contribution in [0.15, 0.2) is 0 Å². The van der Waals surface area contributed by atoms with Crippen LogP contribution in [0.1, 0.15) is 0 Å². The Hall–Kier alpha value is -0.310. The van der Waals surface area contributed by atoms with Crippen molar-refractivity contribution in [3.63, 3.8) is 0 Å². The number of ether oxygens (including phenoxy) is 1. The molecule has 7 heteroatoms. The van der Waals surface area contributed by atoms with Gasteiger partial charge < -0.3 is 30.3 Å². The van der Waals surface area contributed by atoms with Crippen LogP contribution in [0, 0.1) is 0 Å². The molecule has 5 N–H and O–H groups in total. The normalized spacial score (nSPS) is 49.3. The lowest BCUT2D eigenvalue weighted by molar-refractivity contribution is -0.352. The first-order valence-corrected chi connectivity index (χ1v) is 4.07. The third-order valence-corrected chi connectivity index (χ3v) is 2.24. The minimum absolute atomic E-state index is 0.701. The monoisotopic (exact) mass is 212 g/mol. The van der Waals surface area contributed by atoms with Crippen LogP contribution in [-0.4, -0.2) is 69.0 Å². The maximum absolute atomic E-state index is 12.3. The Bertz CT molecular complexity index is 201. The van der Waals surface area contributed by atoms with Gasteiger partial charge in [-0.1, -0.05) is 0 Å². The van der Waals surface area contributed by atoms with Crippen LogP contribution in [-0.2, 0) is 4.74 Å². The molecule has 1 fully saturated rings. The lowest BCUT2D eigenvalue weighted by Crippen LogP contribution is -2.66. The summed E-state index contributed by atoms with van der Waals surface area (Å²) in [6.45, 7) is -2.15. The molecule has 0 aromatic carbocycles. The predicted octanol–water partition coefficient (Wildman–Crippen LogP) is -2.88. The van der Waals surface area contributed by atoms with Gasteiger partial charge >= 0.3 is 0 Å². The molecular weight excluding hydrogens is 199 g/mol. The number of hydrogen-bond donors (Lipinski definition) is 5. The van der Waals surface area contributed by atoms with Gasteiger partial charge in [-0.25, -0.2) is 4.39 Å². The topological polar surface area (TPSA) is 110 Å². The van der Waals surface area contributed by atoms with E-state index < -0.39 is 43.5 Å². The summed E-state index contributed by atoms with van der Waals surface area (Å²) in [5.41, 5.74) is 0. The fraction of sp³-hybridized carbons (Fsp3) is 1.00. The summed E-state index contributed by atoms with van der Waals surface area (Å²) in [4.78, 5) is 0. The molecule has 0 saturated carbocycles. The van der Waals surface area contributed by atoms with Gasteiger partial charge in [0.25, 0.3) is 0 Å². The predicted molar refractivity (Wildman–Crippen MR) is 40.9 cm³/mol. The van der Waals surface area contributed by atoms with Crippen molar-refractivity contribution in [2.45, 2.75) is 30.2 Å². The highest BCUT2D eigenvalue weighted by Gasteiger charge is 2.52. The maximum atomic E-state index is 12.3. The largest absolute Gasteiger partial charge is 0.394 e. The van der Waals surface area contributed by atoms with Gasteiger partial charge in [-0.3, -0.25) is 0 Å². The van der Waals surface area contributed by atoms with Gasteiger partial charge in [0.15, 0.2) is 0 Å². The van der Waals surface area contributed by atoms with E-state index in [0.717, 1.165) is 0 Å². The van der Waals surface area contributed by atoms with Crippen LogP contribution >= 0.6 is 0 Å². The zero-order valence-corrected chi connectivity index (χ0v) is 7.25. The standard InChI is InChI=1S/C7H13FO6/c8-2-7(13)6(12)5(11)4(10)3(1-9)14-7/h3-6,9-13H,1-2H2/t3-,4-,5+,6+,7?/m1/s1. The second-order valence-electron chi connectivity index (χ2n) is 3.24. The molecule has 6 nitrogen and oxygen atoms in total. The molecule has 0 aliphatic carbocycles. The number of halogens is 1. The molecule has 84 valence electrons. The van der Waals surface area contributed by atoms with Crippen molar-refractivity contribution in [1.29, 1.82) is 0 Å². The lowest BCUT2D eigenvalue weighted by Gasteiger charge is -2.43. The summed E-state index contributed by atoms with van der Waals surface area (Å²) in [5, 5.41) is 45.6. The molecule has 1 aliphatic heterocycles. The van der Waals surface area contributed by atoms with E-state index in [0.29, 0.717) is 0 Å². The fourth-order valence-corrected chi connectivity index (χ4v) is 1.33. The first kappa shape index (κ1) is 11.8. The first-order chi connectivity index (χ1) is 6.46. The van der Waals surface area contributed by atoms with Gasteiger partial charge in [0, 0.05) is 0 Å². The third kappa shape index (κ3) is 1.74. The summed E-state index contributed by atoms with van der Waals surface area (Å²) in [5.74, 6) is -2.58. The van der Waals surface area contributed by atoms with Crippen LogP contribution in [0.4, 0.5) is 4.39 Å². The SMILES string of the molecule is OC[C@H]1OC(O)(CF)[C@@H](O)[C@@H](O)[C@@H]1O. The third-order valence-electron chi connectivity index (χ3n) is 2.24. The number of rotatable bonds is 2. The Labute approximate surface area is 79.2 Å². The van der Waals surface area contributed by atoms with Crippen molar-refractivity contribution >= 4 is 0 Å². The zero-order chi connectivity index (χ0) is 10.9. The van der Waals surface area contributed by atoms with E-state index in [1.54, 1.807) is 0 Å². The van der Waals surface area contributed by atoms with E-state index in [-0.39, 0.29) is 0 Å². The van der Waals surface area contributed by atoms with E-state index in [1.165, 1.54) is 0 Å². The van der Waals surface area contributed by atoms with Gasteiger partial charge in [-0.2, -0.15) is 0 Å². The highest BCUT2D eigenvalue weighted by atomic mass is 19.1. The summed E-state index contributed by atoms with van der Waals surface area (Å²) in [6.07, 6.45) is -6.61. The van der Waals surface area contributed by atoms with Crippen molar-refractivity contribution in [2.75, 3.05) is 13.3 Å². The molecule has 14 heavy (non-hydrogen) atoms. The molecule has 0 spiro atoms. The molecule has 5 atom stereocenters. The summed E-state index contributed by atoms with van der Waals surface area (Å²) >= 11 is 0. The molecule has 0 amide bonds. The molecule has 1 unspecified atom stereocenters. The number of hydrogen-bond acceptors (Lipinski definition) is 6. The zero-order valence-electron chi connectivity index (χ0n) is 7.25. The minimum atomic E-state index is -2.58. The first-order valence-electron chi connectivity index (χ1n) is 4.07. The van der Waals surface area contributed by atoms with Gasteiger partial charge in [0.2, 0.25) is 5.79 Å². The Kier molecular flexibility index (Phi) is 3.40. The van der Waals surface area contributed by atoms with Gasteiger partial charge in [0.1, 0.15) is 31.1 Å². The summed E-state index contributed by atoms with van der Waals surface area (Å²) < 4.78 is 16.9.